The third kappa shape index (κ3) is 4.47. The molecule has 0 saturated carbocycles. The van der Waals surface area contributed by atoms with Crippen LogP contribution in [0.4, 0.5) is 13.2 Å². The maximum atomic E-state index is 12.3. The Hall–Kier alpha value is -2.57. The second kappa shape index (κ2) is 6.51. The summed E-state index contributed by atoms with van der Waals surface area (Å²) in [5.74, 6) is 0. The van der Waals surface area contributed by atoms with Crippen LogP contribution < -0.4 is 0 Å². The highest BCUT2D eigenvalue weighted by Gasteiger charge is 2.28. The van der Waals surface area contributed by atoms with Gasteiger partial charge >= 0.3 is 6.18 Å². The van der Waals surface area contributed by atoms with E-state index in [0.29, 0.717) is 13.1 Å². The summed E-state index contributed by atoms with van der Waals surface area (Å²) >= 11 is 0. The van der Waals surface area contributed by atoms with Gasteiger partial charge in [0.1, 0.15) is 0 Å². The van der Waals surface area contributed by atoms with Crippen LogP contribution >= 0.6 is 0 Å². The van der Waals surface area contributed by atoms with Crippen molar-refractivity contribution in [1.82, 2.24) is 19.6 Å². The highest BCUT2D eigenvalue weighted by atomic mass is 19.4. The molecule has 0 fully saturated rings. The summed E-state index contributed by atoms with van der Waals surface area (Å²) in [7, 11) is 0. The molecule has 1 aromatic carbocycles. The van der Waals surface area contributed by atoms with Gasteiger partial charge in [-0.3, -0.25) is 9.36 Å². The van der Waals surface area contributed by atoms with Gasteiger partial charge in [-0.05, 0) is 29.7 Å². The molecule has 3 aromatic rings. The second-order valence-electron chi connectivity index (χ2n) is 5.83. The average Bonchev–Trinajstić information content (AvgIpc) is 3.09. The molecule has 3 rings (SSSR count). The largest absolute Gasteiger partial charge is 0.394 e. The summed E-state index contributed by atoms with van der Waals surface area (Å²) in [4.78, 5) is 0. The smallest absolute Gasteiger partial charge is 0.268 e. The van der Waals surface area contributed by atoms with Crippen LogP contribution in [0.5, 0.6) is 0 Å². The first-order valence-electron chi connectivity index (χ1n) is 7.53. The highest BCUT2D eigenvalue weighted by molar-refractivity contribution is 5.23. The van der Waals surface area contributed by atoms with E-state index < -0.39 is 12.6 Å². The molecule has 0 unspecified atom stereocenters. The zero-order valence-electron chi connectivity index (χ0n) is 13.2. The number of aryl methyl sites for hydroxylation is 1. The van der Waals surface area contributed by atoms with Gasteiger partial charge in [0.2, 0.25) is 0 Å². The number of hydrogen-bond acceptors (Lipinski definition) is 2. The van der Waals surface area contributed by atoms with Gasteiger partial charge in [-0.1, -0.05) is 24.3 Å². The van der Waals surface area contributed by atoms with Crippen molar-refractivity contribution in [3.8, 4) is 0 Å². The van der Waals surface area contributed by atoms with Crippen LogP contribution in [0.15, 0.2) is 48.9 Å². The third-order valence-corrected chi connectivity index (χ3v) is 3.55. The molecule has 0 radical (unpaired) electrons. The average molecular weight is 334 g/mol. The van der Waals surface area contributed by atoms with Gasteiger partial charge in [0.25, 0.3) is 0 Å². The number of benzene rings is 1. The topological polar surface area (TPSA) is 35.6 Å². The van der Waals surface area contributed by atoms with Gasteiger partial charge in [-0.15, -0.1) is 0 Å². The lowest BCUT2D eigenvalue weighted by Crippen LogP contribution is -2.12. The fraction of sp³-hybridized carbons (Fsp3) is 0.294. The minimum atomic E-state index is -4.23. The first kappa shape index (κ1) is 16.3. The van der Waals surface area contributed by atoms with Gasteiger partial charge in [0, 0.05) is 12.4 Å². The molecule has 0 aliphatic heterocycles. The Kier molecular flexibility index (Phi) is 4.42. The molecule has 2 heterocycles. The molecule has 0 aliphatic carbocycles. The molecule has 2 aromatic heterocycles. The molecule has 126 valence electrons. The van der Waals surface area contributed by atoms with E-state index in [2.05, 4.69) is 10.2 Å². The van der Waals surface area contributed by atoms with Crippen molar-refractivity contribution in [3.05, 3.63) is 71.3 Å². The van der Waals surface area contributed by atoms with Gasteiger partial charge in [-0.25, -0.2) is 0 Å². The van der Waals surface area contributed by atoms with Crippen molar-refractivity contribution in [1.29, 1.82) is 0 Å². The second-order valence-corrected chi connectivity index (χ2v) is 5.83. The minimum absolute atomic E-state index is 0.0353. The third-order valence-electron chi connectivity index (χ3n) is 3.55. The Morgan fingerprint density at radius 1 is 0.958 bits per heavy atom. The van der Waals surface area contributed by atoms with Crippen LogP contribution in [0.3, 0.4) is 0 Å². The van der Waals surface area contributed by atoms with Crippen LogP contribution in [0.25, 0.3) is 0 Å². The molecule has 0 saturated heterocycles. The number of nitrogens with zero attached hydrogens (tertiary/aromatic N) is 4. The Bertz CT molecular complexity index is 800. The lowest BCUT2D eigenvalue weighted by atomic mass is 10.1. The molecule has 24 heavy (non-hydrogen) atoms. The van der Waals surface area contributed by atoms with Crippen molar-refractivity contribution >= 4 is 0 Å². The molecule has 4 nitrogen and oxygen atoms in total. The van der Waals surface area contributed by atoms with Gasteiger partial charge in [0.15, 0.2) is 0 Å². The van der Waals surface area contributed by atoms with E-state index in [4.69, 9.17) is 0 Å². The highest BCUT2D eigenvalue weighted by Crippen LogP contribution is 2.20. The maximum absolute atomic E-state index is 12.3. The van der Waals surface area contributed by atoms with E-state index in [1.165, 1.54) is 10.7 Å². The van der Waals surface area contributed by atoms with Gasteiger partial charge in [0.05, 0.1) is 31.4 Å². The van der Waals surface area contributed by atoms with Gasteiger partial charge < -0.3 is 0 Å². The summed E-state index contributed by atoms with van der Waals surface area (Å²) in [6.07, 6.45) is 0.125. The summed E-state index contributed by atoms with van der Waals surface area (Å²) in [5.41, 5.74) is 3.24. The number of aromatic nitrogens is 4. The standard InChI is InChI=1S/C17H17F3N4/c1-13-9-21-24(10-13)12-15-4-2-14(3-5-15)11-23-7-6-16(22-23)8-17(18,19)20/h2-7,9-10H,8,11-12H2,1H3. The normalized spacial score (nSPS) is 11.8. The predicted molar refractivity (Wildman–Crippen MR) is 83.6 cm³/mol. The SMILES string of the molecule is Cc1cnn(Cc2ccc(Cn3ccc(CC(F)(F)F)n3)cc2)c1. The van der Waals surface area contributed by atoms with Crippen LogP contribution in [-0.2, 0) is 19.5 Å². The number of hydrogen-bond donors (Lipinski definition) is 0. The van der Waals surface area contributed by atoms with Crippen molar-refractivity contribution in [3.63, 3.8) is 0 Å². The van der Waals surface area contributed by atoms with E-state index in [0.717, 1.165) is 16.7 Å². The molecular formula is C17H17F3N4. The summed E-state index contributed by atoms with van der Waals surface area (Å²) < 4.78 is 40.4. The molecular weight excluding hydrogens is 317 g/mol. The minimum Gasteiger partial charge on any atom is -0.268 e. The van der Waals surface area contributed by atoms with Crippen LogP contribution in [0.1, 0.15) is 22.4 Å². The molecule has 7 heteroatoms. The molecule has 0 spiro atoms. The first-order chi connectivity index (χ1) is 11.4. The molecule has 0 bridgehead atoms. The van der Waals surface area contributed by atoms with E-state index in [1.54, 1.807) is 6.20 Å². The lowest BCUT2D eigenvalue weighted by molar-refractivity contribution is -0.127. The maximum Gasteiger partial charge on any atom is 0.394 e. The Balaban J connectivity index is 1.62. The van der Waals surface area contributed by atoms with E-state index >= 15 is 0 Å². The fourth-order valence-electron chi connectivity index (χ4n) is 2.47. The zero-order chi connectivity index (χ0) is 17.2. The van der Waals surface area contributed by atoms with Crippen LogP contribution in [0, 0.1) is 6.92 Å². The number of rotatable bonds is 5. The quantitative estimate of drug-likeness (QED) is 0.715. The van der Waals surface area contributed by atoms with E-state index in [1.807, 2.05) is 48.3 Å². The molecule has 0 amide bonds. The monoisotopic (exact) mass is 334 g/mol. The Morgan fingerprint density at radius 2 is 1.58 bits per heavy atom. The van der Waals surface area contributed by atoms with Crippen LogP contribution in [0.2, 0.25) is 0 Å². The van der Waals surface area contributed by atoms with Gasteiger partial charge in [-0.2, -0.15) is 23.4 Å². The first-order valence-corrected chi connectivity index (χ1v) is 7.53. The molecule has 0 N–H and O–H groups in total. The lowest BCUT2D eigenvalue weighted by Gasteiger charge is -2.06. The van der Waals surface area contributed by atoms with Crippen molar-refractivity contribution in [2.75, 3.05) is 0 Å². The summed E-state index contributed by atoms with van der Waals surface area (Å²) in [6.45, 7) is 3.12. The fourth-order valence-corrected chi connectivity index (χ4v) is 2.47. The molecule has 0 aliphatic rings. The van der Waals surface area contributed by atoms with E-state index in [-0.39, 0.29) is 5.69 Å². The summed E-state index contributed by atoms with van der Waals surface area (Å²) in [5, 5.41) is 8.21. The Morgan fingerprint density at radius 3 is 2.12 bits per heavy atom. The van der Waals surface area contributed by atoms with E-state index in [9.17, 15) is 13.2 Å². The van der Waals surface area contributed by atoms with Crippen molar-refractivity contribution in [2.24, 2.45) is 0 Å². The predicted octanol–water partition coefficient (Wildman–Crippen LogP) is 3.59. The summed E-state index contributed by atoms with van der Waals surface area (Å²) in [6, 6.07) is 9.30. The van der Waals surface area contributed by atoms with Crippen LogP contribution in [-0.4, -0.2) is 25.7 Å². The molecule has 0 atom stereocenters. The Labute approximate surface area is 137 Å². The van der Waals surface area contributed by atoms with Crippen molar-refractivity contribution < 1.29 is 13.2 Å². The van der Waals surface area contributed by atoms with Crippen molar-refractivity contribution in [2.45, 2.75) is 32.6 Å². The zero-order valence-corrected chi connectivity index (χ0v) is 13.2. The number of alkyl halides is 3. The number of halogens is 3.